The summed E-state index contributed by atoms with van der Waals surface area (Å²) in [6.45, 7) is 6.27. The number of nitrogens with zero attached hydrogens (tertiary/aromatic N) is 1. The van der Waals surface area contributed by atoms with Gasteiger partial charge < -0.3 is 19.3 Å². The van der Waals surface area contributed by atoms with Gasteiger partial charge in [-0.1, -0.05) is 0 Å². The Balaban J connectivity index is 2.14. The number of carbonyl (C=O) groups is 2. The highest BCUT2D eigenvalue weighted by atomic mass is 16.7. The van der Waals surface area contributed by atoms with Gasteiger partial charge in [-0.05, 0) is 45.0 Å². The molecule has 1 aromatic rings. The molecule has 138 valence electrons. The minimum Gasteiger partial charge on any atom is -0.465 e. The van der Waals surface area contributed by atoms with Crippen LogP contribution in [0.15, 0.2) is 24.3 Å². The van der Waals surface area contributed by atoms with Crippen LogP contribution in [0.25, 0.3) is 0 Å². The van der Waals surface area contributed by atoms with Gasteiger partial charge in [0.25, 0.3) is 0 Å². The van der Waals surface area contributed by atoms with E-state index in [0.717, 1.165) is 12.8 Å². The maximum atomic E-state index is 12.6. The van der Waals surface area contributed by atoms with Crippen LogP contribution in [0.1, 0.15) is 44.0 Å². The summed E-state index contributed by atoms with van der Waals surface area (Å²) in [4.78, 5) is 24.1. The Morgan fingerprint density at radius 2 is 1.68 bits per heavy atom. The molecule has 1 saturated heterocycles. The van der Waals surface area contributed by atoms with Crippen molar-refractivity contribution in [2.75, 3.05) is 20.2 Å². The molecule has 1 heterocycles. The van der Waals surface area contributed by atoms with Crippen molar-refractivity contribution in [1.82, 2.24) is 0 Å². The van der Waals surface area contributed by atoms with Crippen molar-refractivity contribution < 1.29 is 33.4 Å². The lowest BCUT2D eigenvalue weighted by molar-refractivity contribution is -0.916. The molecule has 0 radical (unpaired) electrons. The molecule has 25 heavy (non-hydrogen) atoms. The van der Waals surface area contributed by atoms with Crippen molar-refractivity contribution in [3.63, 3.8) is 0 Å². The first-order valence-electron chi connectivity index (χ1n) is 8.31. The van der Waals surface area contributed by atoms with E-state index >= 15 is 0 Å². The van der Waals surface area contributed by atoms with E-state index in [2.05, 4.69) is 4.74 Å². The Labute approximate surface area is 147 Å². The highest BCUT2D eigenvalue weighted by molar-refractivity contribution is 5.89. The molecule has 7 heteroatoms. The number of esters is 1. The first-order chi connectivity index (χ1) is 11.7. The molecule has 0 bridgehead atoms. The summed E-state index contributed by atoms with van der Waals surface area (Å²) in [5.41, 5.74) is -0.270. The molecule has 0 aliphatic carbocycles. The van der Waals surface area contributed by atoms with Gasteiger partial charge in [-0.15, -0.1) is 0 Å². The summed E-state index contributed by atoms with van der Waals surface area (Å²) < 4.78 is 15.4. The molecule has 1 atom stereocenters. The number of aliphatic hydroxyl groups excluding tert-OH is 1. The molecule has 0 spiro atoms. The lowest BCUT2D eigenvalue weighted by Crippen LogP contribution is -2.60. The summed E-state index contributed by atoms with van der Waals surface area (Å²) >= 11 is 0. The second-order valence-electron chi connectivity index (χ2n) is 7.13. The van der Waals surface area contributed by atoms with E-state index < -0.39 is 24.1 Å². The smallest absolute Gasteiger partial charge is 0.465 e. The Morgan fingerprint density at radius 3 is 2.16 bits per heavy atom. The van der Waals surface area contributed by atoms with Crippen molar-refractivity contribution in [2.24, 2.45) is 0 Å². The fourth-order valence-corrected chi connectivity index (χ4v) is 2.76. The fourth-order valence-electron chi connectivity index (χ4n) is 2.76. The molecule has 2 rings (SSSR count). The van der Waals surface area contributed by atoms with Gasteiger partial charge in [-0.3, -0.25) is 0 Å². The largest absolute Gasteiger partial charge is 0.521 e. The number of carbonyl (C=O) groups excluding carboxylic acids is 2. The third-order valence-corrected chi connectivity index (χ3v) is 4.06. The third kappa shape index (κ3) is 4.49. The number of aliphatic hydroxyl groups is 1. The van der Waals surface area contributed by atoms with Crippen LogP contribution in [0, 0.1) is 0 Å². The zero-order valence-electron chi connectivity index (χ0n) is 15.2. The third-order valence-electron chi connectivity index (χ3n) is 4.06. The Bertz CT molecular complexity index is 613. The second-order valence-corrected chi connectivity index (χ2v) is 7.13. The summed E-state index contributed by atoms with van der Waals surface area (Å²) in [5.74, 6) is -0.1000. The van der Waals surface area contributed by atoms with Gasteiger partial charge in [0.1, 0.15) is 11.4 Å². The second kappa shape index (κ2) is 7.41. The van der Waals surface area contributed by atoms with Crippen molar-refractivity contribution >= 4 is 12.1 Å². The molecule has 7 nitrogen and oxygen atoms in total. The van der Waals surface area contributed by atoms with E-state index in [1.165, 1.54) is 19.2 Å². The summed E-state index contributed by atoms with van der Waals surface area (Å²) in [6.07, 6.45) is -0.257. The molecule has 1 amide bonds. The van der Waals surface area contributed by atoms with Crippen molar-refractivity contribution in [2.45, 2.75) is 45.6 Å². The molecule has 1 unspecified atom stereocenters. The van der Waals surface area contributed by atoms with E-state index in [9.17, 15) is 14.7 Å². The molecular weight excluding hydrogens is 326 g/mol. The Morgan fingerprint density at radius 1 is 1.12 bits per heavy atom. The van der Waals surface area contributed by atoms with Gasteiger partial charge in [-0.2, -0.15) is 9.28 Å². The van der Waals surface area contributed by atoms with E-state index in [-0.39, 0.29) is 4.48 Å². The van der Waals surface area contributed by atoms with Gasteiger partial charge in [0.05, 0.1) is 25.8 Å². The van der Waals surface area contributed by atoms with E-state index in [1.807, 2.05) is 0 Å². The monoisotopic (exact) mass is 352 g/mol. The van der Waals surface area contributed by atoms with Crippen LogP contribution < -0.4 is 4.74 Å². The first kappa shape index (κ1) is 19.2. The number of quaternary nitrogens is 1. The van der Waals surface area contributed by atoms with Gasteiger partial charge in [0.2, 0.25) is 0 Å². The predicted molar refractivity (Wildman–Crippen MR) is 89.9 cm³/mol. The standard InChI is InChI=1S/C18H26NO6/c1-18(2,3)25-17(22)19(11-5-6-12-19)16(21)24-14-9-7-13(8-10-14)15(20)23-4/h7-10,16,21H,5-6,11-12H2,1-4H3/q+1. The topological polar surface area (TPSA) is 82.1 Å². The first-order valence-corrected chi connectivity index (χ1v) is 8.31. The molecule has 1 aliphatic rings. The number of benzene rings is 1. The number of hydrogen-bond donors (Lipinski definition) is 1. The van der Waals surface area contributed by atoms with Crippen LogP contribution in [-0.2, 0) is 9.47 Å². The van der Waals surface area contributed by atoms with Crippen LogP contribution in [0.3, 0.4) is 0 Å². The summed E-state index contributed by atoms with van der Waals surface area (Å²) in [6, 6.07) is 6.18. The zero-order valence-corrected chi connectivity index (χ0v) is 15.2. The molecule has 1 fully saturated rings. The minimum absolute atomic E-state index is 0.282. The molecule has 0 aromatic heterocycles. The molecule has 1 N–H and O–H groups in total. The molecule has 1 aromatic carbocycles. The number of rotatable bonds is 4. The van der Waals surface area contributed by atoms with Crippen LogP contribution >= 0.6 is 0 Å². The maximum Gasteiger partial charge on any atom is 0.521 e. The van der Waals surface area contributed by atoms with Crippen molar-refractivity contribution in [1.29, 1.82) is 0 Å². The zero-order chi connectivity index (χ0) is 18.7. The van der Waals surface area contributed by atoms with Gasteiger partial charge >= 0.3 is 18.5 Å². The average Bonchev–Trinajstić information content (AvgIpc) is 3.04. The van der Waals surface area contributed by atoms with E-state index in [4.69, 9.17) is 9.47 Å². The van der Waals surface area contributed by atoms with E-state index in [1.54, 1.807) is 32.9 Å². The fraction of sp³-hybridized carbons (Fsp3) is 0.556. The summed E-state index contributed by atoms with van der Waals surface area (Å²) in [5, 5.41) is 10.6. The Hall–Kier alpha value is -2.12. The quantitative estimate of drug-likeness (QED) is 0.510. The van der Waals surface area contributed by atoms with E-state index in [0.29, 0.717) is 24.4 Å². The molecular formula is C18H26NO6+. The highest BCUT2D eigenvalue weighted by Crippen LogP contribution is 2.28. The van der Waals surface area contributed by atoms with Gasteiger partial charge in [0.15, 0.2) is 0 Å². The van der Waals surface area contributed by atoms with Crippen LogP contribution in [0.4, 0.5) is 4.79 Å². The number of methoxy groups -OCH3 is 1. The van der Waals surface area contributed by atoms with Crippen molar-refractivity contribution in [3.05, 3.63) is 29.8 Å². The highest BCUT2D eigenvalue weighted by Gasteiger charge is 2.51. The molecule has 1 aliphatic heterocycles. The summed E-state index contributed by atoms with van der Waals surface area (Å²) in [7, 11) is 1.30. The van der Waals surface area contributed by atoms with Gasteiger partial charge in [-0.25, -0.2) is 4.79 Å². The predicted octanol–water partition coefficient (Wildman–Crippen LogP) is 2.67. The maximum absolute atomic E-state index is 12.6. The van der Waals surface area contributed by atoms with Crippen LogP contribution in [-0.4, -0.2) is 53.9 Å². The average molecular weight is 352 g/mol. The number of amides is 1. The van der Waals surface area contributed by atoms with Crippen molar-refractivity contribution in [3.8, 4) is 5.75 Å². The Kier molecular flexibility index (Phi) is 5.69. The molecule has 0 saturated carbocycles. The normalized spacial score (nSPS) is 17.6. The minimum atomic E-state index is -1.37. The lowest BCUT2D eigenvalue weighted by Gasteiger charge is -2.35. The van der Waals surface area contributed by atoms with Crippen LogP contribution in [0.2, 0.25) is 0 Å². The van der Waals surface area contributed by atoms with Crippen LogP contribution in [0.5, 0.6) is 5.75 Å². The number of likely N-dealkylation sites (tertiary alicyclic amines) is 1. The number of ether oxygens (including phenoxy) is 3. The lowest BCUT2D eigenvalue weighted by atomic mass is 10.2. The van der Waals surface area contributed by atoms with Gasteiger partial charge in [0, 0.05) is 12.8 Å². The number of hydrogen-bond acceptors (Lipinski definition) is 6. The SMILES string of the molecule is COC(=O)c1ccc(OC(O)[N+]2(C(=O)OC(C)(C)C)CCCC2)cc1.